The number of hydrogen-bond donors (Lipinski definition) is 1. The van der Waals surface area contributed by atoms with Gasteiger partial charge in [-0.25, -0.2) is 0 Å². The minimum absolute atomic E-state index is 0.0676. The van der Waals surface area contributed by atoms with Crippen molar-refractivity contribution in [3.05, 3.63) is 53.3 Å². The van der Waals surface area contributed by atoms with E-state index in [9.17, 15) is 5.11 Å². The van der Waals surface area contributed by atoms with E-state index in [1.54, 1.807) is 10.9 Å². The summed E-state index contributed by atoms with van der Waals surface area (Å²) >= 11 is 0. The number of aromatic nitrogens is 2. The zero-order chi connectivity index (χ0) is 17.1. The first kappa shape index (κ1) is 17.1. The molecule has 5 heteroatoms. The van der Waals surface area contributed by atoms with Crippen LogP contribution in [0.1, 0.15) is 29.7 Å². The topological polar surface area (TPSA) is 50.5 Å². The monoisotopic (exact) mass is 329 g/mol. The Morgan fingerprint density at radius 1 is 1.33 bits per heavy atom. The molecule has 2 heterocycles. The molecule has 5 nitrogen and oxygen atoms in total. The molecule has 0 aliphatic carbocycles. The molecule has 0 amide bonds. The second-order valence-corrected chi connectivity index (χ2v) is 6.87. The number of nitrogens with zero attached hydrogens (tertiary/aromatic N) is 3. The number of ether oxygens (including phenoxy) is 1. The lowest BCUT2D eigenvalue weighted by Gasteiger charge is -2.39. The van der Waals surface area contributed by atoms with E-state index in [0.29, 0.717) is 25.7 Å². The van der Waals surface area contributed by atoms with Crippen LogP contribution in [0, 0.1) is 13.8 Å². The van der Waals surface area contributed by atoms with Gasteiger partial charge in [0.25, 0.3) is 0 Å². The van der Waals surface area contributed by atoms with Crippen molar-refractivity contribution in [2.24, 2.45) is 0 Å². The molecule has 24 heavy (non-hydrogen) atoms. The molecule has 1 aliphatic heterocycles. The number of hydrogen-bond acceptors (Lipinski definition) is 4. The molecular formula is C19H27N3O2. The third kappa shape index (κ3) is 4.04. The molecule has 0 saturated carbocycles. The highest BCUT2D eigenvalue weighted by Crippen LogP contribution is 2.28. The maximum Gasteiger partial charge on any atom is 0.0955 e. The van der Waals surface area contributed by atoms with E-state index in [0.717, 1.165) is 6.54 Å². The van der Waals surface area contributed by atoms with Crippen molar-refractivity contribution in [3.63, 3.8) is 0 Å². The van der Waals surface area contributed by atoms with Crippen molar-refractivity contribution in [2.45, 2.75) is 45.6 Å². The molecule has 3 atom stereocenters. The number of benzene rings is 1. The number of aliphatic hydroxyl groups is 1. The molecule has 1 saturated heterocycles. The second kappa shape index (κ2) is 7.47. The Hall–Kier alpha value is -1.69. The fourth-order valence-electron chi connectivity index (χ4n) is 3.31. The van der Waals surface area contributed by atoms with Gasteiger partial charge >= 0.3 is 0 Å². The summed E-state index contributed by atoms with van der Waals surface area (Å²) in [7, 11) is 0. The molecule has 130 valence electrons. The third-order valence-corrected chi connectivity index (χ3v) is 4.75. The Morgan fingerprint density at radius 3 is 2.92 bits per heavy atom. The minimum atomic E-state index is -0.440. The van der Waals surface area contributed by atoms with Crippen LogP contribution >= 0.6 is 0 Å². The van der Waals surface area contributed by atoms with Crippen molar-refractivity contribution in [3.8, 4) is 0 Å². The molecule has 1 aromatic heterocycles. The lowest BCUT2D eigenvalue weighted by atomic mass is 9.98. The molecule has 1 aliphatic rings. The number of β-amino-alcohol motifs (C(OH)–C–C–N with tert-alkyl or cyclic N) is 1. The van der Waals surface area contributed by atoms with Gasteiger partial charge in [0.05, 0.1) is 25.4 Å². The smallest absolute Gasteiger partial charge is 0.0955 e. The maximum absolute atomic E-state index is 10.4. The molecule has 0 spiro atoms. The minimum Gasteiger partial charge on any atom is -0.390 e. The lowest BCUT2D eigenvalue weighted by molar-refractivity contribution is -0.0728. The van der Waals surface area contributed by atoms with E-state index in [2.05, 4.69) is 49.0 Å². The van der Waals surface area contributed by atoms with Crippen LogP contribution in [0.3, 0.4) is 0 Å². The van der Waals surface area contributed by atoms with Crippen LogP contribution in [-0.2, 0) is 11.3 Å². The van der Waals surface area contributed by atoms with Crippen molar-refractivity contribution < 1.29 is 9.84 Å². The average Bonchev–Trinajstić information content (AvgIpc) is 3.05. The van der Waals surface area contributed by atoms with Gasteiger partial charge in [-0.3, -0.25) is 9.58 Å². The van der Waals surface area contributed by atoms with Gasteiger partial charge in [-0.15, -0.1) is 0 Å². The molecule has 2 aromatic rings. The predicted octanol–water partition coefficient (Wildman–Crippen LogP) is 2.32. The number of aliphatic hydroxyl groups excluding tert-OH is 1. The fourth-order valence-corrected chi connectivity index (χ4v) is 3.31. The van der Waals surface area contributed by atoms with Gasteiger partial charge < -0.3 is 9.84 Å². The van der Waals surface area contributed by atoms with Gasteiger partial charge in [0.1, 0.15) is 0 Å². The molecule has 0 bridgehead atoms. The second-order valence-electron chi connectivity index (χ2n) is 6.87. The van der Waals surface area contributed by atoms with Crippen molar-refractivity contribution in [1.29, 1.82) is 0 Å². The Morgan fingerprint density at radius 2 is 2.17 bits per heavy atom. The third-order valence-electron chi connectivity index (χ3n) is 4.75. The average molecular weight is 329 g/mol. The summed E-state index contributed by atoms with van der Waals surface area (Å²) in [6, 6.07) is 8.69. The van der Waals surface area contributed by atoms with Gasteiger partial charge in [-0.05, 0) is 38.0 Å². The first-order chi connectivity index (χ1) is 11.5. The maximum atomic E-state index is 10.4. The SMILES string of the molecule is Cc1ccc(C)c([C@@H]2CN(C[C@H](O)Cn3cccn3)[C@@H](C)CO2)c1. The lowest BCUT2D eigenvalue weighted by Crippen LogP contribution is -2.48. The molecule has 0 radical (unpaired) electrons. The molecule has 1 N–H and O–H groups in total. The van der Waals surface area contributed by atoms with Crippen LogP contribution < -0.4 is 0 Å². The van der Waals surface area contributed by atoms with Gasteiger partial charge in [0.2, 0.25) is 0 Å². The Balaban J connectivity index is 1.65. The molecular weight excluding hydrogens is 302 g/mol. The normalized spacial score (nSPS) is 23.3. The molecule has 3 rings (SSSR count). The number of aryl methyl sites for hydroxylation is 2. The summed E-state index contributed by atoms with van der Waals surface area (Å²) in [5, 5.41) is 14.6. The van der Waals surface area contributed by atoms with E-state index in [1.165, 1.54) is 16.7 Å². The summed E-state index contributed by atoms with van der Waals surface area (Å²) in [6.45, 7) is 9.04. The standard InChI is InChI=1S/C19H27N3O2/c1-14-5-6-15(2)18(9-14)19-12-21(16(3)13-24-19)10-17(23)11-22-8-4-7-20-22/h4-9,16-17,19,23H,10-13H2,1-3H3/t16-,17-,19-/m0/s1. The van der Waals surface area contributed by atoms with E-state index < -0.39 is 6.10 Å². The van der Waals surface area contributed by atoms with E-state index in [1.807, 2.05) is 12.3 Å². The zero-order valence-electron chi connectivity index (χ0n) is 14.7. The van der Waals surface area contributed by atoms with Crippen LogP contribution in [0.2, 0.25) is 0 Å². The first-order valence-electron chi connectivity index (χ1n) is 8.61. The van der Waals surface area contributed by atoms with Crippen LogP contribution in [0.15, 0.2) is 36.7 Å². The van der Waals surface area contributed by atoms with Gasteiger partial charge in [-0.2, -0.15) is 5.10 Å². The van der Waals surface area contributed by atoms with Crippen molar-refractivity contribution >= 4 is 0 Å². The van der Waals surface area contributed by atoms with Gasteiger partial charge in [-0.1, -0.05) is 23.8 Å². The highest BCUT2D eigenvalue weighted by Gasteiger charge is 2.29. The van der Waals surface area contributed by atoms with E-state index in [-0.39, 0.29) is 6.10 Å². The van der Waals surface area contributed by atoms with Crippen molar-refractivity contribution in [1.82, 2.24) is 14.7 Å². The fraction of sp³-hybridized carbons (Fsp3) is 0.526. The molecule has 1 aromatic carbocycles. The van der Waals surface area contributed by atoms with Crippen LogP contribution in [0.4, 0.5) is 0 Å². The van der Waals surface area contributed by atoms with Crippen molar-refractivity contribution in [2.75, 3.05) is 19.7 Å². The Labute approximate surface area is 143 Å². The Bertz CT molecular complexity index is 657. The summed E-state index contributed by atoms with van der Waals surface area (Å²) in [6.07, 6.45) is 3.24. The summed E-state index contributed by atoms with van der Waals surface area (Å²) in [5.41, 5.74) is 3.77. The molecule has 0 unspecified atom stereocenters. The largest absolute Gasteiger partial charge is 0.390 e. The Kier molecular flexibility index (Phi) is 5.33. The quantitative estimate of drug-likeness (QED) is 0.915. The summed E-state index contributed by atoms with van der Waals surface area (Å²) in [4.78, 5) is 2.32. The van der Waals surface area contributed by atoms with Gasteiger partial charge in [0.15, 0.2) is 0 Å². The zero-order valence-corrected chi connectivity index (χ0v) is 14.7. The predicted molar refractivity (Wildman–Crippen MR) is 93.9 cm³/mol. The molecule has 1 fully saturated rings. The first-order valence-corrected chi connectivity index (χ1v) is 8.61. The number of rotatable bonds is 5. The summed E-state index contributed by atoms with van der Waals surface area (Å²) in [5.74, 6) is 0. The van der Waals surface area contributed by atoms with E-state index >= 15 is 0 Å². The van der Waals surface area contributed by atoms with Crippen LogP contribution in [0.5, 0.6) is 0 Å². The van der Waals surface area contributed by atoms with E-state index in [4.69, 9.17) is 4.74 Å². The highest BCUT2D eigenvalue weighted by atomic mass is 16.5. The highest BCUT2D eigenvalue weighted by molar-refractivity contribution is 5.32. The van der Waals surface area contributed by atoms with Gasteiger partial charge in [0, 0.05) is 31.5 Å². The van der Waals surface area contributed by atoms with Crippen LogP contribution in [-0.4, -0.2) is 51.6 Å². The summed E-state index contributed by atoms with van der Waals surface area (Å²) < 4.78 is 7.86. The van der Waals surface area contributed by atoms with Crippen LogP contribution in [0.25, 0.3) is 0 Å². The number of morpholine rings is 1.